The molecule has 1 aliphatic rings. The van der Waals surface area contributed by atoms with Crippen molar-refractivity contribution in [1.82, 2.24) is 15.3 Å². The number of carbonyl (C=O) groups is 2. The topological polar surface area (TPSA) is 75.2 Å². The Bertz CT molecular complexity index is 700. The van der Waals surface area contributed by atoms with E-state index < -0.39 is 6.04 Å². The SMILES string of the molecule is Cc1ccc(N2CCC[C@@H](NC(=O)c3cnccn3)C2=O)cc1. The van der Waals surface area contributed by atoms with Gasteiger partial charge in [0.1, 0.15) is 11.7 Å². The van der Waals surface area contributed by atoms with Crippen LogP contribution in [0.1, 0.15) is 28.9 Å². The zero-order valence-corrected chi connectivity index (χ0v) is 12.9. The summed E-state index contributed by atoms with van der Waals surface area (Å²) < 4.78 is 0. The van der Waals surface area contributed by atoms with Crippen LogP contribution in [0.2, 0.25) is 0 Å². The van der Waals surface area contributed by atoms with Crippen LogP contribution in [0.3, 0.4) is 0 Å². The second kappa shape index (κ2) is 6.56. The van der Waals surface area contributed by atoms with Crippen molar-refractivity contribution in [2.24, 2.45) is 0 Å². The first-order valence-corrected chi connectivity index (χ1v) is 7.60. The van der Waals surface area contributed by atoms with Crippen molar-refractivity contribution in [1.29, 1.82) is 0 Å². The summed E-state index contributed by atoms with van der Waals surface area (Å²) in [5, 5.41) is 2.76. The lowest BCUT2D eigenvalue weighted by molar-refractivity contribution is -0.121. The van der Waals surface area contributed by atoms with Gasteiger partial charge in [-0.3, -0.25) is 14.6 Å². The van der Waals surface area contributed by atoms with Crippen LogP contribution in [-0.4, -0.2) is 34.4 Å². The van der Waals surface area contributed by atoms with Crippen LogP contribution in [0, 0.1) is 6.92 Å². The van der Waals surface area contributed by atoms with Crippen LogP contribution in [0.5, 0.6) is 0 Å². The lowest BCUT2D eigenvalue weighted by Crippen LogP contribution is -2.52. The second-order valence-electron chi connectivity index (χ2n) is 5.58. The Kier molecular flexibility index (Phi) is 4.32. The van der Waals surface area contributed by atoms with Gasteiger partial charge in [0.25, 0.3) is 5.91 Å². The Morgan fingerprint density at radius 3 is 2.74 bits per heavy atom. The molecule has 2 aromatic rings. The van der Waals surface area contributed by atoms with Gasteiger partial charge in [-0.25, -0.2) is 4.98 Å². The van der Waals surface area contributed by atoms with E-state index in [-0.39, 0.29) is 17.5 Å². The normalized spacial score (nSPS) is 17.9. The molecule has 6 heteroatoms. The van der Waals surface area contributed by atoms with Gasteiger partial charge < -0.3 is 10.2 Å². The molecular formula is C17H18N4O2. The first-order valence-electron chi connectivity index (χ1n) is 7.60. The molecule has 0 aliphatic carbocycles. The van der Waals surface area contributed by atoms with Gasteiger partial charge in [-0.05, 0) is 31.9 Å². The third-order valence-corrected chi connectivity index (χ3v) is 3.89. The van der Waals surface area contributed by atoms with Gasteiger partial charge in [0.2, 0.25) is 5.91 Å². The number of hydrogen-bond acceptors (Lipinski definition) is 4. The lowest BCUT2D eigenvalue weighted by Gasteiger charge is -2.32. The van der Waals surface area contributed by atoms with Gasteiger partial charge in [0.15, 0.2) is 0 Å². The number of aryl methyl sites for hydroxylation is 1. The Labute approximate surface area is 134 Å². The van der Waals surface area contributed by atoms with E-state index in [4.69, 9.17) is 0 Å². The molecule has 1 saturated heterocycles. The number of nitrogens with zero attached hydrogens (tertiary/aromatic N) is 3. The number of nitrogens with one attached hydrogen (secondary N) is 1. The van der Waals surface area contributed by atoms with Crippen LogP contribution in [-0.2, 0) is 4.79 Å². The van der Waals surface area contributed by atoms with E-state index in [0.29, 0.717) is 13.0 Å². The van der Waals surface area contributed by atoms with Gasteiger partial charge >= 0.3 is 0 Å². The van der Waals surface area contributed by atoms with Gasteiger partial charge in [0, 0.05) is 24.6 Å². The smallest absolute Gasteiger partial charge is 0.272 e. The Morgan fingerprint density at radius 1 is 1.26 bits per heavy atom. The fourth-order valence-electron chi connectivity index (χ4n) is 2.64. The van der Waals surface area contributed by atoms with Crippen molar-refractivity contribution in [2.45, 2.75) is 25.8 Å². The predicted octanol–water partition coefficient (Wildman–Crippen LogP) is 1.71. The highest BCUT2D eigenvalue weighted by Gasteiger charge is 2.31. The summed E-state index contributed by atoms with van der Waals surface area (Å²) in [5.74, 6) is -0.459. The number of carbonyl (C=O) groups excluding carboxylic acids is 2. The summed E-state index contributed by atoms with van der Waals surface area (Å²) >= 11 is 0. The van der Waals surface area contributed by atoms with Crippen LogP contribution < -0.4 is 10.2 Å². The number of piperidine rings is 1. The highest BCUT2D eigenvalue weighted by Crippen LogP contribution is 2.21. The predicted molar refractivity (Wildman–Crippen MR) is 86.1 cm³/mol. The standard InChI is InChI=1S/C17H18N4O2/c1-12-4-6-13(7-5-12)21-10-2-3-14(17(21)23)20-16(22)15-11-18-8-9-19-15/h4-9,11,14H,2-3,10H2,1H3,(H,20,22)/t14-/m1/s1. The molecule has 0 saturated carbocycles. The van der Waals surface area contributed by atoms with Gasteiger partial charge in [0.05, 0.1) is 6.20 Å². The molecule has 1 aromatic carbocycles. The maximum absolute atomic E-state index is 12.7. The van der Waals surface area contributed by atoms with Crippen molar-refractivity contribution in [3.05, 3.63) is 54.1 Å². The number of rotatable bonds is 3. The minimum absolute atomic E-state index is 0.0858. The molecule has 0 spiro atoms. The van der Waals surface area contributed by atoms with E-state index in [1.807, 2.05) is 31.2 Å². The first-order chi connectivity index (χ1) is 11.1. The lowest BCUT2D eigenvalue weighted by atomic mass is 10.0. The molecule has 0 bridgehead atoms. The van der Waals surface area contributed by atoms with E-state index in [9.17, 15) is 9.59 Å². The van der Waals surface area contributed by atoms with E-state index in [2.05, 4.69) is 15.3 Å². The Hall–Kier alpha value is -2.76. The first kappa shape index (κ1) is 15.1. The molecule has 1 aromatic heterocycles. The summed E-state index contributed by atoms with van der Waals surface area (Å²) in [4.78, 5) is 34.4. The maximum atomic E-state index is 12.7. The number of amides is 2. The van der Waals surface area contributed by atoms with Crippen molar-refractivity contribution in [3.63, 3.8) is 0 Å². The molecule has 1 fully saturated rings. The second-order valence-corrected chi connectivity index (χ2v) is 5.58. The molecule has 2 heterocycles. The Balaban J connectivity index is 1.72. The van der Waals surface area contributed by atoms with E-state index in [1.54, 1.807) is 4.90 Å². The molecule has 3 rings (SSSR count). The van der Waals surface area contributed by atoms with E-state index >= 15 is 0 Å². The summed E-state index contributed by atoms with van der Waals surface area (Å²) in [6.45, 7) is 2.67. The number of aromatic nitrogens is 2. The molecule has 23 heavy (non-hydrogen) atoms. The van der Waals surface area contributed by atoms with Crippen LogP contribution in [0.25, 0.3) is 0 Å². The molecule has 1 aliphatic heterocycles. The molecular weight excluding hydrogens is 292 g/mol. The quantitative estimate of drug-likeness (QED) is 0.936. The third-order valence-electron chi connectivity index (χ3n) is 3.89. The zero-order chi connectivity index (χ0) is 16.2. The van der Waals surface area contributed by atoms with Gasteiger partial charge in [-0.15, -0.1) is 0 Å². The van der Waals surface area contributed by atoms with Crippen molar-refractivity contribution in [3.8, 4) is 0 Å². The van der Waals surface area contributed by atoms with Crippen molar-refractivity contribution < 1.29 is 9.59 Å². The summed E-state index contributed by atoms with van der Waals surface area (Å²) in [6.07, 6.45) is 5.82. The highest BCUT2D eigenvalue weighted by atomic mass is 16.2. The maximum Gasteiger partial charge on any atom is 0.272 e. The minimum atomic E-state index is -0.528. The average Bonchev–Trinajstić information content (AvgIpc) is 2.58. The number of hydrogen-bond donors (Lipinski definition) is 1. The fraction of sp³-hybridized carbons (Fsp3) is 0.294. The summed E-state index contributed by atoms with van der Waals surface area (Å²) in [5.41, 5.74) is 2.22. The van der Waals surface area contributed by atoms with Crippen molar-refractivity contribution >= 4 is 17.5 Å². The van der Waals surface area contributed by atoms with Crippen molar-refractivity contribution in [2.75, 3.05) is 11.4 Å². The summed E-state index contributed by atoms with van der Waals surface area (Å²) in [7, 11) is 0. The molecule has 1 atom stereocenters. The Morgan fingerprint density at radius 2 is 2.04 bits per heavy atom. The van der Waals surface area contributed by atoms with Crippen LogP contribution >= 0.6 is 0 Å². The number of anilines is 1. The van der Waals surface area contributed by atoms with Crippen LogP contribution in [0.4, 0.5) is 5.69 Å². The zero-order valence-electron chi connectivity index (χ0n) is 12.9. The van der Waals surface area contributed by atoms with E-state index in [1.165, 1.54) is 18.6 Å². The fourth-order valence-corrected chi connectivity index (χ4v) is 2.64. The van der Waals surface area contributed by atoms with E-state index in [0.717, 1.165) is 17.7 Å². The molecule has 2 amide bonds. The molecule has 118 valence electrons. The van der Waals surface area contributed by atoms with Gasteiger partial charge in [-0.1, -0.05) is 17.7 Å². The summed E-state index contributed by atoms with van der Waals surface area (Å²) in [6, 6.07) is 7.29. The van der Waals surface area contributed by atoms with Crippen LogP contribution in [0.15, 0.2) is 42.9 Å². The minimum Gasteiger partial charge on any atom is -0.339 e. The monoisotopic (exact) mass is 310 g/mol. The highest BCUT2D eigenvalue weighted by molar-refractivity contribution is 6.02. The molecule has 0 radical (unpaired) electrons. The van der Waals surface area contributed by atoms with Gasteiger partial charge in [-0.2, -0.15) is 0 Å². The third kappa shape index (κ3) is 3.36. The largest absolute Gasteiger partial charge is 0.339 e. The average molecular weight is 310 g/mol. The molecule has 6 nitrogen and oxygen atoms in total. The molecule has 1 N–H and O–H groups in total. The molecule has 0 unspecified atom stereocenters. The number of benzene rings is 1.